The molecule has 0 aromatic heterocycles. The fraction of sp³-hybridized carbons (Fsp3) is 0.107. The zero-order chi connectivity index (χ0) is 20.9. The second-order valence-electron chi connectivity index (χ2n) is 7.63. The number of hydrogen-bond acceptors (Lipinski definition) is 2. The summed E-state index contributed by atoms with van der Waals surface area (Å²) in [6.07, 6.45) is 0.922. The van der Waals surface area contributed by atoms with Crippen molar-refractivity contribution in [2.75, 3.05) is 4.90 Å². The summed E-state index contributed by atoms with van der Waals surface area (Å²) in [6.45, 7) is 0.567. The van der Waals surface area contributed by atoms with Gasteiger partial charge in [-0.15, -0.1) is 0 Å². The molecule has 4 aromatic rings. The summed E-state index contributed by atoms with van der Waals surface area (Å²) in [4.78, 5) is 7.23. The lowest BCUT2D eigenvalue weighted by Crippen LogP contribution is -2.46. The van der Waals surface area contributed by atoms with Gasteiger partial charge in [-0.05, 0) is 47.5 Å². The van der Waals surface area contributed by atoms with E-state index < -0.39 is 0 Å². The molecule has 0 radical (unpaired) electrons. The molecule has 152 valence electrons. The van der Waals surface area contributed by atoms with Gasteiger partial charge in [0.05, 0.1) is 11.7 Å². The van der Waals surface area contributed by atoms with Crippen LogP contribution in [-0.2, 0) is 6.61 Å². The summed E-state index contributed by atoms with van der Waals surface area (Å²) >= 11 is 0. The topological polar surface area (TPSA) is 24.8 Å². The number of nitrogens with zero attached hydrogens (tertiary/aromatic N) is 2. The van der Waals surface area contributed by atoms with Gasteiger partial charge in [-0.1, -0.05) is 78.9 Å². The molecule has 3 nitrogen and oxygen atoms in total. The van der Waals surface area contributed by atoms with E-state index in [0.717, 1.165) is 34.9 Å². The van der Waals surface area contributed by atoms with Crippen LogP contribution in [0.25, 0.3) is 0 Å². The minimum absolute atomic E-state index is 0.291. The van der Waals surface area contributed by atoms with Gasteiger partial charge in [0.25, 0.3) is 0 Å². The number of para-hydroxylation sites is 1. The minimum Gasteiger partial charge on any atom is -0.489 e. The molecule has 1 heterocycles. The average Bonchev–Trinajstić information content (AvgIpc) is 2.83. The van der Waals surface area contributed by atoms with E-state index in [9.17, 15) is 0 Å². The fourth-order valence-electron chi connectivity index (χ4n) is 3.90. The molecular formula is C28H24N2O. The summed E-state index contributed by atoms with van der Waals surface area (Å²) in [6, 6.07) is 39.6. The van der Waals surface area contributed by atoms with Crippen LogP contribution < -0.4 is 9.64 Å². The highest BCUT2D eigenvalue weighted by molar-refractivity contribution is 6.06. The summed E-state index contributed by atoms with van der Waals surface area (Å²) in [5, 5.41) is 0. The number of anilines is 1. The maximum atomic E-state index is 5.96. The first kappa shape index (κ1) is 19.1. The molecule has 0 aliphatic carbocycles. The van der Waals surface area contributed by atoms with Crippen LogP contribution in [0.3, 0.4) is 0 Å². The minimum atomic E-state index is 0.291. The maximum Gasteiger partial charge on any atom is 0.119 e. The first-order chi connectivity index (χ1) is 15.4. The van der Waals surface area contributed by atoms with Gasteiger partial charge in [0.2, 0.25) is 0 Å². The van der Waals surface area contributed by atoms with Crippen LogP contribution in [0.5, 0.6) is 5.75 Å². The summed E-state index contributed by atoms with van der Waals surface area (Å²) < 4.78 is 5.96. The summed E-state index contributed by atoms with van der Waals surface area (Å²) in [5.74, 6) is 1.95. The average molecular weight is 405 g/mol. The lowest BCUT2D eigenvalue weighted by Gasteiger charge is -2.44. The van der Waals surface area contributed by atoms with E-state index in [1.165, 1.54) is 5.56 Å². The highest BCUT2D eigenvalue weighted by atomic mass is 16.5. The third kappa shape index (κ3) is 4.36. The first-order valence-electron chi connectivity index (χ1n) is 10.6. The molecule has 3 heteroatoms. The normalized spacial score (nSPS) is 16.7. The molecule has 1 saturated heterocycles. The van der Waals surface area contributed by atoms with Crippen LogP contribution >= 0.6 is 0 Å². The van der Waals surface area contributed by atoms with Crippen molar-refractivity contribution in [1.82, 2.24) is 0 Å². The quantitative estimate of drug-likeness (QED) is 0.347. The second-order valence-corrected chi connectivity index (χ2v) is 7.63. The second kappa shape index (κ2) is 8.88. The summed E-state index contributed by atoms with van der Waals surface area (Å²) in [5.41, 5.74) is 4.58. The van der Waals surface area contributed by atoms with Crippen molar-refractivity contribution in [3.8, 4) is 5.75 Å². The Bertz CT molecular complexity index is 1140. The van der Waals surface area contributed by atoms with E-state index >= 15 is 0 Å². The van der Waals surface area contributed by atoms with Gasteiger partial charge in [0.1, 0.15) is 18.2 Å². The Kier molecular flexibility index (Phi) is 5.48. The highest BCUT2D eigenvalue weighted by Crippen LogP contribution is 2.41. The predicted octanol–water partition coefficient (Wildman–Crippen LogP) is 6.95. The maximum absolute atomic E-state index is 5.96. The zero-order valence-corrected chi connectivity index (χ0v) is 17.3. The standard InChI is InChI=1S/C28H24N2O/c1-4-10-22(11-5-1)21-31-26-18-16-25(17-19-26)30-27(23-12-6-2-7-13-23)20-28(30)29-24-14-8-3-9-15-24/h1-19,27H,20-21H2/b29-28+/t27-/m0/s1. The number of ether oxygens (including phenoxy) is 1. The molecule has 1 atom stereocenters. The Morgan fingerprint density at radius 2 is 1.32 bits per heavy atom. The van der Waals surface area contributed by atoms with Gasteiger partial charge in [-0.25, -0.2) is 4.99 Å². The van der Waals surface area contributed by atoms with Crippen LogP contribution in [0.4, 0.5) is 11.4 Å². The molecule has 0 bridgehead atoms. The van der Waals surface area contributed by atoms with Crippen molar-refractivity contribution in [3.05, 3.63) is 126 Å². The molecule has 1 aliphatic heterocycles. The van der Waals surface area contributed by atoms with E-state index in [0.29, 0.717) is 12.6 Å². The van der Waals surface area contributed by atoms with Gasteiger partial charge < -0.3 is 9.64 Å². The first-order valence-corrected chi connectivity index (χ1v) is 10.6. The highest BCUT2D eigenvalue weighted by Gasteiger charge is 2.36. The van der Waals surface area contributed by atoms with Crippen molar-refractivity contribution in [1.29, 1.82) is 0 Å². The number of aliphatic imine (C=N–C) groups is 1. The lowest BCUT2D eigenvalue weighted by molar-refractivity contribution is 0.306. The Morgan fingerprint density at radius 1 is 0.710 bits per heavy atom. The smallest absolute Gasteiger partial charge is 0.119 e. The van der Waals surface area contributed by atoms with E-state index in [4.69, 9.17) is 9.73 Å². The third-order valence-electron chi connectivity index (χ3n) is 5.53. The Balaban J connectivity index is 1.38. The van der Waals surface area contributed by atoms with Gasteiger partial charge >= 0.3 is 0 Å². The molecule has 1 aliphatic rings. The Morgan fingerprint density at radius 3 is 2.00 bits per heavy atom. The van der Waals surface area contributed by atoms with Crippen molar-refractivity contribution < 1.29 is 4.74 Å². The van der Waals surface area contributed by atoms with Crippen LogP contribution in [0.2, 0.25) is 0 Å². The molecule has 0 unspecified atom stereocenters. The number of rotatable bonds is 6. The van der Waals surface area contributed by atoms with Crippen molar-refractivity contribution in [2.45, 2.75) is 19.1 Å². The SMILES string of the molecule is c1ccc(COc2ccc(N3/C(=N/c4ccccc4)C[C@H]3c3ccccc3)cc2)cc1. The molecule has 0 spiro atoms. The van der Waals surface area contributed by atoms with Crippen LogP contribution in [0.15, 0.2) is 120 Å². The molecule has 5 rings (SSSR count). The molecule has 0 saturated carbocycles. The largest absolute Gasteiger partial charge is 0.489 e. The van der Waals surface area contributed by atoms with E-state index in [-0.39, 0.29) is 0 Å². The van der Waals surface area contributed by atoms with Crippen molar-refractivity contribution in [2.24, 2.45) is 4.99 Å². The van der Waals surface area contributed by atoms with Gasteiger partial charge in [-0.3, -0.25) is 0 Å². The van der Waals surface area contributed by atoms with Crippen LogP contribution in [0.1, 0.15) is 23.6 Å². The number of hydrogen-bond donors (Lipinski definition) is 0. The molecule has 0 amide bonds. The van der Waals surface area contributed by atoms with Crippen molar-refractivity contribution >= 4 is 17.2 Å². The van der Waals surface area contributed by atoms with Gasteiger partial charge in [-0.2, -0.15) is 0 Å². The molecule has 1 fully saturated rings. The lowest BCUT2D eigenvalue weighted by atomic mass is 9.92. The van der Waals surface area contributed by atoms with E-state index in [2.05, 4.69) is 59.5 Å². The number of amidine groups is 1. The molecular weight excluding hydrogens is 380 g/mol. The molecule has 4 aromatic carbocycles. The Labute approximate surface area is 183 Å². The van der Waals surface area contributed by atoms with Crippen molar-refractivity contribution in [3.63, 3.8) is 0 Å². The molecule has 0 N–H and O–H groups in total. The monoisotopic (exact) mass is 404 g/mol. The summed E-state index contributed by atoms with van der Waals surface area (Å²) in [7, 11) is 0. The zero-order valence-electron chi connectivity index (χ0n) is 17.3. The van der Waals surface area contributed by atoms with E-state index in [1.54, 1.807) is 0 Å². The Hall–Kier alpha value is -3.85. The van der Waals surface area contributed by atoms with Crippen LogP contribution in [0, 0.1) is 0 Å². The van der Waals surface area contributed by atoms with Gasteiger partial charge in [0.15, 0.2) is 0 Å². The van der Waals surface area contributed by atoms with Gasteiger partial charge in [0, 0.05) is 12.1 Å². The molecule has 31 heavy (non-hydrogen) atoms. The fourth-order valence-corrected chi connectivity index (χ4v) is 3.90. The van der Waals surface area contributed by atoms with E-state index in [1.807, 2.05) is 60.7 Å². The van der Waals surface area contributed by atoms with Crippen LogP contribution in [-0.4, -0.2) is 5.84 Å². The third-order valence-corrected chi connectivity index (χ3v) is 5.53. The number of benzene rings is 4. The predicted molar refractivity (Wildman–Crippen MR) is 127 cm³/mol.